The average Bonchev–Trinajstić information content (AvgIpc) is 2.45. The van der Waals surface area contributed by atoms with Crippen molar-refractivity contribution < 1.29 is 24.2 Å². The Morgan fingerprint density at radius 2 is 1.82 bits per heavy atom. The van der Waals surface area contributed by atoms with E-state index in [1.54, 1.807) is 24.3 Å². The number of hydrogen-bond acceptors (Lipinski definition) is 4. The first-order valence-corrected chi connectivity index (χ1v) is 6.66. The number of aliphatic carboxylic acids is 1. The molecule has 0 aromatic heterocycles. The molecule has 1 unspecified atom stereocenters. The molecule has 1 rings (SSSR count). The minimum absolute atomic E-state index is 0.140. The number of carboxylic acid groups (broad SMARTS) is 1. The first kappa shape index (κ1) is 17.6. The van der Waals surface area contributed by atoms with Crippen LogP contribution in [-0.4, -0.2) is 42.1 Å². The molecule has 0 aliphatic carbocycles. The van der Waals surface area contributed by atoms with E-state index >= 15 is 0 Å². The minimum atomic E-state index is -1.50. The second kappa shape index (κ2) is 7.56. The van der Waals surface area contributed by atoms with Crippen molar-refractivity contribution in [1.82, 2.24) is 10.6 Å². The zero-order valence-electron chi connectivity index (χ0n) is 12.8. The summed E-state index contributed by atoms with van der Waals surface area (Å²) in [6, 6.07) is 6.53. The number of ether oxygens (including phenoxy) is 1. The molecule has 2 amide bonds. The maximum Gasteiger partial charge on any atom is 0.331 e. The van der Waals surface area contributed by atoms with E-state index in [1.807, 2.05) is 0 Å². The fraction of sp³-hybridized carbons (Fsp3) is 0.400. The first-order chi connectivity index (χ1) is 10.3. The van der Waals surface area contributed by atoms with Gasteiger partial charge in [0.2, 0.25) is 5.91 Å². The normalized spacial score (nSPS) is 13.0. The van der Waals surface area contributed by atoms with Crippen molar-refractivity contribution in [3.05, 3.63) is 35.4 Å². The van der Waals surface area contributed by atoms with Gasteiger partial charge >= 0.3 is 5.97 Å². The summed E-state index contributed by atoms with van der Waals surface area (Å²) in [5.74, 6) is -1.82. The number of methoxy groups -OCH3 is 1. The summed E-state index contributed by atoms with van der Waals surface area (Å²) in [6.45, 7) is 3.02. The summed E-state index contributed by atoms with van der Waals surface area (Å²) >= 11 is 0. The van der Waals surface area contributed by atoms with Gasteiger partial charge in [0, 0.05) is 26.1 Å². The molecule has 0 bridgehead atoms. The number of benzene rings is 1. The molecule has 1 aromatic carbocycles. The zero-order chi connectivity index (χ0) is 16.8. The molecular formula is C15H20N2O5. The van der Waals surface area contributed by atoms with Gasteiger partial charge in [0.1, 0.15) is 0 Å². The molecule has 3 N–H and O–H groups in total. The molecule has 0 radical (unpaired) electrons. The van der Waals surface area contributed by atoms with Gasteiger partial charge in [0.05, 0.1) is 6.61 Å². The van der Waals surface area contributed by atoms with Gasteiger partial charge in [0.25, 0.3) is 5.91 Å². The molecular weight excluding hydrogens is 288 g/mol. The molecule has 0 saturated heterocycles. The molecule has 7 heteroatoms. The highest BCUT2D eigenvalue weighted by atomic mass is 16.5. The molecule has 1 aromatic rings. The second-order valence-corrected chi connectivity index (χ2v) is 5.13. The van der Waals surface area contributed by atoms with Crippen LogP contribution < -0.4 is 10.6 Å². The van der Waals surface area contributed by atoms with Gasteiger partial charge in [-0.1, -0.05) is 12.1 Å². The third kappa shape index (κ3) is 4.85. The summed E-state index contributed by atoms with van der Waals surface area (Å²) in [6.07, 6.45) is 0. The van der Waals surface area contributed by atoms with Crippen LogP contribution >= 0.6 is 0 Å². The van der Waals surface area contributed by atoms with E-state index in [2.05, 4.69) is 10.6 Å². The lowest BCUT2D eigenvalue weighted by Crippen LogP contribution is -2.55. The van der Waals surface area contributed by atoms with Crippen molar-refractivity contribution in [2.75, 3.05) is 13.7 Å². The average molecular weight is 308 g/mol. The van der Waals surface area contributed by atoms with Crippen molar-refractivity contribution >= 4 is 17.8 Å². The van der Waals surface area contributed by atoms with E-state index in [-0.39, 0.29) is 12.5 Å². The van der Waals surface area contributed by atoms with Crippen molar-refractivity contribution in [2.24, 2.45) is 0 Å². The smallest absolute Gasteiger partial charge is 0.331 e. The van der Waals surface area contributed by atoms with Gasteiger partial charge in [0.15, 0.2) is 5.54 Å². The number of carboxylic acids is 1. The van der Waals surface area contributed by atoms with Crippen LogP contribution in [0.5, 0.6) is 0 Å². The number of carbonyl (C=O) groups is 3. The molecule has 1 atom stereocenters. The first-order valence-electron chi connectivity index (χ1n) is 6.66. The number of rotatable bonds is 7. The third-order valence-electron chi connectivity index (χ3n) is 3.05. The molecule has 0 aliphatic rings. The summed E-state index contributed by atoms with van der Waals surface area (Å²) in [7, 11) is 1.37. The summed E-state index contributed by atoms with van der Waals surface area (Å²) < 4.78 is 4.84. The highest BCUT2D eigenvalue weighted by Gasteiger charge is 2.35. The van der Waals surface area contributed by atoms with E-state index in [4.69, 9.17) is 4.74 Å². The molecule has 0 fully saturated rings. The summed E-state index contributed by atoms with van der Waals surface area (Å²) in [5.41, 5.74) is -0.333. The Morgan fingerprint density at radius 3 is 2.27 bits per heavy atom. The lowest BCUT2D eigenvalue weighted by Gasteiger charge is -2.25. The molecule has 7 nitrogen and oxygen atoms in total. The van der Waals surface area contributed by atoms with Gasteiger partial charge in [-0.3, -0.25) is 9.59 Å². The minimum Gasteiger partial charge on any atom is -0.479 e. The van der Waals surface area contributed by atoms with Crippen LogP contribution in [0.25, 0.3) is 0 Å². The van der Waals surface area contributed by atoms with Crippen molar-refractivity contribution in [3.63, 3.8) is 0 Å². The molecule has 0 saturated carbocycles. The highest BCUT2D eigenvalue weighted by Crippen LogP contribution is 2.09. The Labute approximate surface area is 128 Å². The summed E-state index contributed by atoms with van der Waals surface area (Å²) in [5, 5.41) is 14.3. The fourth-order valence-corrected chi connectivity index (χ4v) is 1.76. The maximum atomic E-state index is 12.1. The highest BCUT2D eigenvalue weighted by molar-refractivity contribution is 5.97. The van der Waals surface area contributed by atoms with Gasteiger partial charge in [-0.05, 0) is 24.6 Å². The number of nitrogens with one attached hydrogen (secondary N) is 2. The SMILES string of the molecule is COCC(C)(NC(=O)c1ccc(CNC(C)=O)cc1)C(=O)O. The Balaban J connectivity index is 2.77. The predicted octanol–water partition coefficient (Wildman–Crippen LogP) is 0.542. The quantitative estimate of drug-likeness (QED) is 0.682. The lowest BCUT2D eigenvalue weighted by atomic mass is 10.0. The largest absolute Gasteiger partial charge is 0.479 e. The van der Waals surface area contributed by atoms with Crippen LogP contribution in [0.15, 0.2) is 24.3 Å². The Bertz CT molecular complexity index is 556. The Hall–Kier alpha value is -2.41. The van der Waals surface area contributed by atoms with Crippen LogP contribution in [-0.2, 0) is 20.9 Å². The molecule has 0 spiro atoms. The molecule has 0 aliphatic heterocycles. The summed E-state index contributed by atoms with van der Waals surface area (Å²) in [4.78, 5) is 34.2. The van der Waals surface area contributed by atoms with Crippen LogP contribution in [0.4, 0.5) is 0 Å². The van der Waals surface area contributed by atoms with Crippen molar-refractivity contribution in [3.8, 4) is 0 Å². The molecule has 22 heavy (non-hydrogen) atoms. The Morgan fingerprint density at radius 1 is 1.23 bits per heavy atom. The number of hydrogen-bond donors (Lipinski definition) is 3. The van der Waals surface area contributed by atoms with E-state index in [0.29, 0.717) is 12.1 Å². The van der Waals surface area contributed by atoms with Gasteiger partial charge in [-0.15, -0.1) is 0 Å². The van der Waals surface area contributed by atoms with Crippen LogP contribution in [0.2, 0.25) is 0 Å². The second-order valence-electron chi connectivity index (χ2n) is 5.13. The van der Waals surface area contributed by atoms with Crippen molar-refractivity contribution in [2.45, 2.75) is 25.9 Å². The van der Waals surface area contributed by atoms with E-state index in [9.17, 15) is 19.5 Å². The number of amides is 2. The topological polar surface area (TPSA) is 105 Å². The monoisotopic (exact) mass is 308 g/mol. The van der Waals surface area contributed by atoms with Crippen molar-refractivity contribution in [1.29, 1.82) is 0 Å². The van der Waals surface area contributed by atoms with E-state index < -0.39 is 17.4 Å². The number of carbonyl (C=O) groups excluding carboxylic acids is 2. The van der Waals surface area contributed by atoms with Crippen LogP contribution in [0.3, 0.4) is 0 Å². The van der Waals surface area contributed by atoms with Gasteiger partial charge in [-0.25, -0.2) is 4.79 Å². The molecule has 120 valence electrons. The molecule has 0 heterocycles. The predicted molar refractivity (Wildman–Crippen MR) is 79.3 cm³/mol. The Kier molecular flexibility index (Phi) is 6.06. The van der Waals surface area contributed by atoms with Gasteiger partial charge < -0.3 is 20.5 Å². The lowest BCUT2D eigenvalue weighted by molar-refractivity contribution is -0.145. The van der Waals surface area contributed by atoms with Crippen LogP contribution in [0.1, 0.15) is 29.8 Å². The van der Waals surface area contributed by atoms with Crippen LogP contribution in [0, 0.1) is 0 Å². The van der Waals surface area contributed by atoms with E-state index in [0.717, 1.165) is 5.56 Å². The standard InChI is InChI=1S/C15H20N2O5/c1-10(18)16-8-11-4-6-12(7-5-11)13(19)17-15(2,9-22-3)14(20)21/h4-7H,8-9H2,1-3H3,(H,16,18)(H,17,19)(H,20,21). The zero-order valence-corrected chi connectivity index (χ0v) is 12.8. The van der Waals surface area contributed by atoms with Gasteiger partial charge in [-0.2, -0.15) is 0 Å². The fourth-order valence-electron chi connectivity index (χ4n) is 1.76. The van der Waals surface area contributed by atoms with E-state index in [1.165, 1.54) is 21.0 Å². The maximum absolute atomic E-state index is 12.1. The third-order valence-corrected chi connectivity index (χ3v) is 3.05.